The van der Waals surface area contributed by atoms with Crippen LogP contribution in [-0.2, 0) is 24.2 Å². The van der Waals surface area contributed by atoms with Gasteiger partial charge in [-0.05, 0) is 41.8 Å². The average Bonchev–Trinajstić information content (AvgIpc) is 3.02. The van der Waals surface area contributed by atoms with E-state index in [0.717, 1.165) is 29.8 Å². The molecule has 9 nitrogen and oxygen atoms in total. The van der Waals surface area contributed by atoms with Crippen molar-refractivity contribution >= 4 is 50.5 Å². The highest BCUT2D eigenvalue weighted by Crippen LogP contribution is 2.39. The van der Waals surface area contributed by atoms with Gasteiger partial charge in [0.15, 0.2) is 16.4 Å². The number of hydrogen-bond donors (Lipinski definition) is 1. The SMILES string of the molecule is CCS(=O)(=O)c1ccc(-c2ccc(C(CN3CCOCC3)NC(=O)C(C)N3C(=O)COc4cc(Cl)c(Cl)cc43)cc2)cc1. The first kappa shape index (κ1) is 31.3. The van der Waals surface area contributed by atoms with Gasteiger partial charge < -0.3 is 14.8 Å². The molecular weight excluding hydrogens is 613 g/mol. The zero-order valence-corrected chi connectivity index (χ0v) is 26.2. The molecule has 0 spiro atoms. The van der Waals surface area contributed by atoms with Crippen molar-refractivity contribution in [2.24, 2.45) is 0 Å². The Labute approximate surface area is 261 Å². The van der Waals surface area contributed by atoms with Gasteiger partial charge in [0.25, 0.3) is 5.91 Å². The molecule has 1 fully saturated rings. The van der Waals surface area contributed by atoms with E-state index in [4.69, 9.17) is 32.7 Å². The van der Waals surface area contributed by atoms with Crippen molar-refractivity contribution in [1.29, 1.82) is 0 Å². The van der Waals surface area contributed by atoms with E-state index in [-0.39, 0.29) is 35.2 Å². The Morgan fingerprint density at radius 2 is 1.58 bits per heavy atom. The number of morpholine rings is 1. The van der Waals surface area contributed by atoms with Crippen molar-refractivity contribution in [3.8, 4) is 16.9 Å². The number of sulfone groups is 1. The molecule has 0 radical (unpaired) electrons. The minimum absolute atomic E-state index is 0.0459. The third-order valence-electron chi connectivity index (χ3n) is 7.75. The molecule has 43 heavy (non-hydrogen) atoms. The molecule has 3 aromatic rings. The maximum atomic E-state index is 13.7. The van der Waals surface area contributed by atoms with Crippen LogP contribution < -0.4 is 15.0 Å². The normalized spacial score (nSPS) is 17.1. The Hall–Kier alpha value is -3.15. The molecule has 2 atom stereocenters. The lowest BCUT2D eigenvalue weighted by molar-refractivity contribution is -0.128. The molecule has 0 bridgehead atoms. The fourth-order valence-corrected chi connectivity index (χ4v) is 6.40. The number of nitrogens with zero attached hydrogens (tertiary/aromatic N) is 2. The first-order chi connectivity index (χ1) is 20.6. The van der Waals surface area contributed by atoms with Gasteiger partial charge in [0.2, 0.25) is 5.91 Å². The number of amides is 2. The van der Waals surface area contributed by atoms with E-state index >= 15 is 0 Å². The molecule has 228 valence electrons. The summed E-state index contributed by atoms with van der Waals surface area (Å²) in [4.78, 5) is 30.6. The first-order valence-corrected chi connectivity index (χ1v) is 16.5. The average molecular weight is 647 g/mol. The standard InChI is InChI=1S/C31H33Cl2N3O6S/c1-3-43(39,40)24-10-8-22(9-11-24)21-4-6-23(7-5-21)27(18-35-12-14-41-15-13-35)34-31(38)20(2)36-28-16-25(32)26(33)17-29(28)42-19-30(36)37/h4-11,16-17,20,27H,3,12-15,18-19H2,1-2H3,(H,34,38). The van der Waals surface area contributed by atoms with Gasteiger partial charge in [-0.2, -0.15) is 0 Å². The largest absolute Gasteiger partial charge is 0.482 e. The maximum absolute atomic E-state index is 13.7. The maximum Gasteiger partial charge on any atom is 0.265 e. The van der Waals surface area contributed by atoms with Crippen molar-refractivity contribution in [3.63, 3.8) is 0 Å². The van der Waals surface area contributed by atoms with E-state index in [2.05, 4.69) is 10.2 Å². The summed E-state index contributed by atoms with van der Waals surface area (Å²) in [7, 11) is -3.28. The van der Waals surface area contributed by atoms with Gasteiger partial charge in [-0.25, -0.2) is 8.42 Å². The summed E-state index contributed by atoms with van der Waals surface area (Å²) >= 11 is 12.4. The van der Waals surface area contributed by atoms with Crippen LogP contribution in [0.1, 0.15) is 25.5 Å². The minimum atomic E-state index is -3.28. The van der Waals surface area contributed by atoms with Gasteiger partial charge in [-0.1, -0.05) is 66.5 Å². The molecule has 2 unspecified atom stereocenters. The molecular formula is C31H33Cl2N3O6S. The van der Waals surface area contributed by atoms with Crippen LogP contribution in [0, 0.1) is 0 Å². The van der Waals surface area contributed by atoms with Crippen LogP contribution in [0.4, 0.5) is 5.69 Å². The molecule has 2 amide bonds. The van der Waals surface area contributed by atoms with Crippen LogP contribution in [0.2, 0.25) is 10.0 Å². The highest BCUT2D eigenvalue weighted by molar-refractivity contribution is 7.91. The van der Waals surface area contributed by atoms with Gasteiger partial charge in [0, 0.05) is 25.7 Å². The van der Waals surface area contributed by atoms with Gasteiger partial charge in [-0.15, -0.1) is 0 Å². The van der Waals surface area contributed by atoms with Gasteiger partial charge in [0.1, 0.15) is 11.8 Å². The molecule has 0 saturated carbocycles. The van der Waals surface area contributed by atoms with Crippen molar-refractivity contribution in [1.82, 2.24) is 10.2 Å². The number of nitrogens with one attached hydrogen (secondary N) is 1. The summed E-state index contributed by atoms with van der Waals surface area (Å²) in [6.45, 7) is 6.33. The van der Waals surface area contributed by atoms with E-state index in [1.165, 1.54) is 11.0 Å². The van der Waals surface area contributed by atoms with E-state index in [9.17, 15) is 18.0 Å². The molecule has 2 aliphatic heterocycles. The number of benzene rings is 3. The lowest BCUT2D eigenvalue weighted by atomic mass is 10.00. The lowest BCUT2D eigenvalue weighted by Crippen LogP contribution is -2.53. The number of fused-ring (bicyclic) bond motifs is 1. The lowest BCUT2D eigenvalue weighted by Gasteiger charge is -2.35. The molecule has 0 aliphatic carbocycles. The first-order valence-electron chi connectivity index (χ1n) is 14.0. The Morgan fingerprint density at radius 1 is 0.977 bits per heavy atom. The third kappa shape index (κ3) is 6.99. The van der Waals surface area contributed by atoms with Crippen LogP contribution in [0.3, 0.4) is 0 Å². The highest BCUT2D eigenvalue weighted by Gasteiger charge is 2.35. The van der Waals surface area contributed by atoms with Crippen molar-refractivity contribution in [3.05, 3.63) is 76.3 Å². The molecule has 2 heterocycles. The summed E-state index contributed by atoms with van der Waals surface area (Å²) in [6.07, 6.45) is 0. The Bertz CT molecular complexity index is 1590. The smallest absolute Gasteiger partial charge is 0.265 e. The van der Waals surface area contributed by atoms with Crippen LogP contribution >= 0.6 is 23.2 Å². The van der Waals surface area contributed by atoms with Crippen molar-refractivity contribution in [2.45, 2.75) is 30.8 Å². The summed E-state index contributed by atoms with van der Waals surface area (Å²) in [5.41, 5.74) is 3.08. The Morgan fingerprint density at radius 3 is 2.21 bits per heavy atom. The highest BCUT2D eigenvalue weighted by atomic mass is 35.5. The second kappa shape index (κ2) is 13.2. The molecule has 2 aliphatic rings. The second-order valence-corrected chi connectivity index (χ2v) is 13.6. The quantitative estimate of drug-likeness (QED) is 0.358. The molecule has 12 heteroatoms. The molecule has 5 rings (SSSR count). The predicted octanol–water partition coefficient (Wildman–Crippen LogP) is 4.76. The van der Waals surface area contributed by atoms with Gasteiger partial charge in [-0.3, -0.25) is 19.4 Å². The third-order valence-corrected chi connectivity index (χ3v) is 10.2. The molecule has 1 N–H and O–H groups in total. The van der Waals surface area contributed by atoms with Gasteiger partial charge >= 0.3 is 0 Å². The number of anilines is 1. The molecule has 1 saturated heterocycles. The molecule has 0 aromatic heterocycles. The monoisotopic (exact) mass is 645 g/mol. The fraction of sp³-hybridized carbons (Fsp3) is 0.355. The van der Waals surface area contributed by atoms with Crippen LogP contribution in [0.15, 0.2) is 65.6 Å². The summed E-state index contributed by atoms with van der Waals surface area (Å²) < 4.78 is 35.4. The van der Waals surface area contributed by atoms with Crippen LogP contribution in [0.25, 0.3) is 11.1 Å². The van der Waals surface area contributed by atoms with Crippen LogP contribution in [-0.4, -0.2) is 76.4 Å². The Balaban J connectivity index is 1.38. The zero-order valence-electron chi connectivity index (χ0n) is 23.9. The minimum Gasteiger partial charge on any atom is -0.482 e. The summed E-state index contributed by atoms with van der Waals surface area (Å²) in [6, 6.07) is 16.5. The number of ether oxygens (including phenoxy) is 2. The van der Waals surface area contributed by atoms with E-state index in [1.807, 2.05) is 24.3 Å². The van der Waals surface area contributed by atoms with E-state index in [1.54, 1.807) is 44.2 Å². The summed E-state index contributed by atoms with van der Waals surface area (Å²) in [5.74, 6) is -0.262. The second-order valence-electron chi connectivity index (χ2n) is 10.5. The Kier molecular flexibility index (Phi) is 9.63. The van der Waals surface area contributed by atoms with Crippen molar-refractivity contribution < 1.29 is 27.5 Å². The van der Waals surface area contributed by atoms with E-state index in [0.29, 0.717) is 41.1 Å². The zero-order chi connectivity index (χ0) is 30.7. The fourth-order valence-electron chi connectivity index (χ4n) is 5.21. The topological polar surface area (TPSA) is 105 Å². The number of carbonyl (C=O) groups excluding carboxylic acids is 2. The predicted molar refractivity (Wildman–Crippen MR) is 167 cm³/mol. The van der Waals surface area contributed by atoms with Gasteiger partial charge in [0.05, 0.1) is 45.6 Å². The van der Waals surface area contributed by atoms with Crippen LogP contribution in [0.5, 0.6) is 5.75 Å². The number of halogens is 2. The molecule has 3 aromatic carbocycles. The number of hydrogen-bond acceptors (Lipinski definition) is 7. The van der Waals surface area contributed by atoms with E-state index < -0.39 is 15.9 Å². The summed E-state index contributed by atoms with van der Waals surface area (Å²) in [5, 5.41) is 3.71. The number of rotatable bonds is 9. The van der Waals surface area contributed by atoms with Crippen molar-refractivity contribution in [2.75, 3.05) is 50.1 Å². The number of carbonyl (C=O) groups is 2.